The molecule has 1 aliphatic heterocycles. The number of ether oxygens (including phenoxy) is 1. The summed E-state index contributed by atoms with van der Waals surface area (Å²) < 4.78 is 5.47. The molecule has 0 unspecified atom stereocenters. The number of nitrogens with one attached hydrogen (secondary N) is 1. The first-order valence-corrected chi connectivity index (χ1v) is 9.89. The minimum atomic E-state index is 0.478. The molecule has 0 aromatic heterocycles. The van der Waals surface area contributed by atoms with Crippen LogP contribution in [0.15, 0.2) is 47.5 Å². The summed E-state index contributed by atoms with van der Waals surface area (Å²) in [4.78, 5) is 6.99. The summed E-state index contributed by atoms with van der Waals surface area (Å²) in [6.45, 7) is 3.97. The molecule has 4 rings (SSSR count). The molecule has 1 heterocycles. The number of benzene rings is 2. The molecule has 0 saturated carbocycles. The topological polar surface area (TPSA) is 62.9 Å². The summed E-state index contributed by atoms with van der Waals surface area (Å²) in [5, 5.41) is 3.33. The fourth-order valence-electron chi connectivity index (χ4n) is 4.00. The van der Waals surface area contributed by atoms with Crippen molar-refractivity contribution >= 4 is 17.3 Å². The van der Waals surface area contributed by atoms with E-state index in [-0.39, 0.29) is 0 Å². The molecule has 2 aromatic rings. The van der Waals surface area contributed by atoms with Crippen molar-refractivity contribution < 1.29 is 4.74 Å². The van der Waals surface area contributed by atoms with Gasteiger partial charge in [0.1, 0.15) is 0 Å². The van der Waals surface area contributed by atoms with E-state index in [1.807, 2.05) is 0 Å². The van der Waals surface area contributed by atoms with Crippen molar-refractivity contribution in [3.63, 3.8) is 0 Å². The molecule has 5 heteroatoms. The molecule has 1 saturated heterocycles. The zero-order valence-electron chi connectivity index (χ0n) is 15.8. The number of rotatable bonds is 4. The lowest BCUT2D eigenvalue weighted by molar-refractivity contribution is 0.122. The number of morpholine rings is 1. The molecule has 5 nitrogen and oxygen atoms in total. The van der Waals surface area contributed by atoms with Gasteiger partial charge in [-0.05, 0) is 54.5 Å². The Morgan fingerprint density at radius 2 is 1.85 bits per heavy atom. The van der Waals surface area contributed by atoms with Crippen LogP contribution < -0.4 is 16.0 Å². The number of fused-ring (bicyclic) bond motifs is 1. The number of nitrogens with zero attached hydrogens (tertiary/aromatic N) is 2. The van der Waals surface area contributed by atoms with Gasteiger partial charge in [0, 0.05) is 24.5 Å². The predicted octanol–water partition coefficient (Wildman–Crippen LogP) is 3.33. The Labute approximate surface area is 161 Å². The fourth-order valence-corrected chi connectivity index (χ4v) is 4.00. The second kappa shape index (κ2) is 8.44. The Morgan fingerprint density at radius 3 is 2.74 bits per heavy atom. The van der Waals surface area contributed by atoms with Crippen LogP contribution in [0.2, 0.25) is 0 Å². The summed E-state index contributed by atoms with van der Waals surface area (Å²) in [5.74, 6) is 0.478. The third-order valence-electron chi connectivity index (χ3n) is 5.42. The molecule has 2 aliphatic rings. The van der Waals surface area contributed by atoms with Crippen LogP contribution >= 0.6 is 0 Å². The second-order valence-electron chi connectivity index (χ2n) is 7.20. The van der Waals surface area contributed by atoms with Crippen LogP contribution in [0.1, 0.15) is 29.5 Å². The monoisotopic (exact) mass is 364 g/mol. The second-order valence-corrected chi connectivity index (χ2v) is 7.20. The van der Waals surface area contributed by atoms with E-state index in [1.54, 1.807) is 0 Å². The van der Waals surface area contributed by atoms with Crippen molar-refractivity contribution in [2.75, 3.05) is 36.5 Å². The summed E-state index contributed by atoms with van der Waals surface area (Å²) in [5.41, 5.74) is 12.6. The van der Waals surface area contributed by atoms with Crippen molar-refractivity contribution in [1.29, 1.82) is 0 Å². The molecule has 0 bridgehead atoms. The zero-order chi connectivity index (χ0) is 18.5. The van der Waals surface area contributed by atoms with E-state index < -0.39 is 0 Å². The van der Waals surface area contributed by atoms with Crippen LogP contribution in [0.5, 0.6) is 0 Å². The quantitative estimate of drug-likeness (QED) is 0.645. The summed E-state index contributed by atoms with van der Waals surface area (Å²) in [6, 6.07) is 14.9. The number of para-hydroxylation sites is 1. The molecular formula is C22H28N4O. The molecule has 1 aliphatic carbocycles. The molecule has 0 spiro atoms. The van der Waals surface area contributed by atoms with Crippen LogP contribution in [-0.4, -0.2) is 32.3 Å². The van der Waals surface area contributed by atoms with Gasteiger partial charge in [-0.15, -0.1) is 0 Å². The first kappa shape index (κ1) is 17.9. The highest BCUT2D eigenvalue weighted by atomic mass is 16.5. The van der Waals surface area contributed by atoms with Gasteiger partial charge >= 0.3 is 0 Å². The first-order valence-electron chi connectivity index (χ1n) is 9.89. The molecule has 2 aromatic carbocycles. The Bertz CT molecular complexity index is 812. The van der Waals surface area contributed by atoms with Gasteiger partial charge in [0.05, 0.1) is 19.8 Å². The summed E-state index contributed by atoms with van der Waals surface area (Å²) in [7, 11) is 0. The third-order valence-corrected chi connectivity index (χ3v) is 5.42. The largest absolute Gasteiger partial charge is 0.378 e. The van der Waals surface area contributed by atoms with Crippen LogP contribution in [0.3, 0.4) is 0 Å². The number of guanidine groups is 1. The average molecular weight is 364 g/mol. The number of aryl methyl sites for hydroxylation is 1. The average Bonchev–Trinajstić information content (AvgIpc) is 2.73. The maximum atomic E-state index is 6.22. The van der Waals surface area contributed by atoms with Crippen molar-refractivity contribution in [2.24, 2.45) is 10.7 Å². The van der Waals surface area contributed by atoms with E-state index in [9.17, 15) is 0 Å². The highest BCUT2D eigenvalue weighted by Gasteiger charge is 2.15. The highest BCUT2D eigenvalue weighted by molar-refractivity contribution is 5.93. The van der Waals surface area contributed by atoms with Crippen LogP contribution in [0.25, 0.3) is 0 Å². The molecule has 0 radical (unpaired) electrons. The molecule has 0 amide bonds. The normalized spacial score (nSPS) is 17.5. The van der Waals surface area contributed by atoms with E-state index in [4.69, 9.17) is 10.5 Å². The number of hydrogen-bond donors (Lipinski definition) is 2. The number of nitrogens with two attached hydrogens (primary N) is 1. The van der Waals surface area contributed by atoms with Gasteiger partial charge in [-0.25, -0.2) is 4.99 Å². The van der Waals surface area contributed by atoms with Crippen molar-refractivity contribution in [1.82, 2.24) is 0 Å². The van der Waals surface area contributed by atoms with Crippen LogP contribution in [0.4, 0.5) is 11.4 Å². The molecular weight excluding hydrogens is 336 g/mol. The lowest BCUT2D eigenvalue weighted by Gasteiger charge is -2.30. The van der Waals surface area contributed by atoms with Gasteiger partial charge in [0.2, 0.25) is 0 Å². The number of aliphatic imine (C=N–C) groups is 1. The lowest BCUT2D eigenvalue weighted by atomic mass is 9.90. The number of anilines is 2. The Morgan fingerprint density at radius 1 is 1.04 bits per heavy atom. The third kappa shape index (κ3) is 4.25. The van der Waals surface area contributed by atoms with Gasteiger partial charge in [-0.1, -0.05) is 30.3 Å². The van der Waals surface area contributed by atoms with E-state index in [2.05, 4.69) is 57.7 Å². The van der Waals surface area contributed by atoms with Crippen molar-refractivity contribution in [3.8, 4) is 0 Å². The van der Waals surface area contributed by atoms with Gasteiger partial charge in [0.25, 0.3) is 0 Å². The predicted molar refractivity (Wildman–Crippen MR) is 112 cm³/mol. The van der Waals surface area contributed by atoms with Gasteiger partial charge < -0.3 is 20.7 Å². The number of hydrogen-bond acceptors (Lipinski definition) is 3. The summed E-state index contributed by atoms with van der Waals surface area (Å²) >= 11 is 0. The van der Waals surface area contributed by atoms with Crippen molar-refractivity contribution in [2.45, 2.75) is 32.2 Å². The standard InChI is InChI=1S/C22H28N4O/c23-22(25-20-10-5-8-17-6-1-3-9-19(17)20)24-16-18-7-2-4-11-21(18)26-12-14-27-15-13-26/h2,4-5,7-8,10-11H,1,3,6,9,12-16H2,(H3,23,24,25). The summed E-state index contributed by atoms with van der Waals surface area (Å²) in [6.07, 6.45) is 4.80. The van der Waals surface area contributed by atoms with Crippen molar-refractivity contribution in [3.05, 3.63) is 59.2 Å². The Kier molecular flexibility index (Phi) is 5.58. The van der Waals surface area contributed by atoms with E-state index >= 15 is 0 Å². The molecule has 0 atom stereocenters. The lowest BCUT2D eigenvalue weighted by Crippen LogP contribution is -2.36. The van der Waals surface area contributed by atoms with Gasteiger partial charge in [-0.2, -0.15) is 0 Å². The van der Waals surface area contributed by atoms with Gasteiger partial charge in [0.15, 0.2) is 5.96 Å². The first-order chi connectivity index (χ1) is 13.3. The molecule has 1 fully saturated rings. The maximum Gasteiger partial charge on any atom is 0.193 e. The van der Waals surface area contributed by atoms with Crippen LogP contribution in [0, 0.1) is 0 Å². The van der Waals surface area contributed by atoms with Crippen LogP contribution in [-0.2, 0) is 24.1 Å². The molecule has 3 N–H and O–H groups in total. The van der Waals surface area contributed by atoms with E-state index in [0.717, 1.165) is 44.8 Å². The SMILES string of the molecule is NC(=NCc1ccccc1N1CCOCC1)Nc1cccc2c1CCCC2. The minimum Gasteiger partial charge on any atom is -0.378 e. The minimum absolute atomic E-state index is 0.478. The fraction of sp³-hybridized carbons (Fsp3) is 0.409. The van der Waals surface area contributed by atoms with Gasteiger partial charge in [-0.3, -0.25) is 0 Å². The smallest absolute Gasteiger partial charge is 0.193 e. The Balaban J connectivity index is 1.47. The maximum absolute atomic E-state index is 6.22. The molecule has 27 heavy (non-hydrogen) atoms. The van der Waals surface area contributed by atoms with E-state index in [1.165, 1.54) is 35.2 Å². The van der Waals surface area contributed by atoms with E-state index in [0.29, 0.717) is 12.5 Å². The Hall–Kier alpha value is -2.53. The molecule has 142 valence electrons. The highest BCUT2D eigenvalue weighted by Crippen LogP contribution is 2.28. The zero-order valence-corrected chi connectivity index (χ0v) is 15.8.